The van der Waals surface area contributed by atoms with Gasteiger partial charge < -0.3 is 24.2 Å². The van der Waals surface area contributed by atoms with Crippen LogP contribution in [0.25, 0.3) is 21.9 Å². The summed E-state index contributed by atoms with van der Waals surface area (Å²) in [7, 11) is 0. The Morgan fingerprint density at radius 3 is 2.51 bits per heavy atom. The van der Waals surface area contributed by atoms with E-state index in [9.17, 15) is 14.4 Å². The molecular weight excluding hydrogens is 496 g/mol. The fraction of sp³-hybridized carbons (Fsp3) is 0.194. The summed E-state index contributed by atoms with van der Waals surface area (Å²) in [5.41, 5.74) is 4.30. The highest BCUT2D eigenvalue weighted by Gasteiger charge is 2.27. The highest BCUT2D eigenvalue weighted by molar-refractivity contribution is 5.92. The minimum atomic E-state index is -1.06. The van der Waals surface area contributed by atoms with E-state index in [-0.39, 0.29) is 18.8 Å². The van der Waals surface area contributed by atoms with Crippen LogP contribution in [-0.2, 0) is 22.6 Å². The number of ether oxygens (including phenoxy) is 2. The molecule has 0 saturated carbocycles. The maximum absolute atomic E-state index is 13.6. The van der Waals surface area contributed by atoms with Gasteiger partial charge in [-0.05, 0) is 61.2 Å². The summed E-state index contributed by atoms with van der Waals surface area (Å²) in [6.45, 7) is 5.32. The molecule has 5 aromatic rings. The van der Waals surface area contributed by atoms with Crippen LogP contribution in [0.4, 0.5) is 4.79 Å². The van der Waals surface area contributed by atoms with Crippen molar-refractivity contribution in [1.82, 2.24) is 10.3 Å². The lowest BCUT2D eigenvalue weighted by atomic mass is 10.0. The minimum Gasteiger partial charge on any atom is -0.445 e. The first-order valence-electron chi connectivity index (χ1n) is 12.6. The number of carbonyl (C=O) groups is 2. The number of hydrogen-bond acceptors (Lipinski definition) is 6. The smallest absolute Gasteiger partial charge is 0.408 e. The van der Waals surface area contributed by atoms with Gasteiger partial charge in [0.15, 0.2) is 0 Å². The molecule has 0 radical (unpaired) electrons. The van der Waals surface area contributed by atoms with E-state index in [1.807, 2.05) is 67.7 Å². The zero-order valence-corrected chi connectivity index (χ0v) is 21.9. The zero-order chi connectivity index (χ0) is 27.5. The van der Waals surface area contributed by atoms with E-state index in [0.717, 1.165) is 27.6 Å². The third kappa shape index (κ3) is 5.55. The summed E-state index contributed by atoms with van der Waals surface area (Å²) in [6, 6.07) is 19.4. The van der Waals surface area contributed by atoms with Gasteiger partial charge in [-0.3, -0.25) is 0 Å². The van der Waals surface area contributed by atoms with Gasteiger partial charge in [-0.15, -0.1) is 0 Å². The van der Waals surface area contributed by atoms with Crippen LogP contribution in [0.2, 0.25) is 0 Å². The summed E-state index contributed by atoms with van der Waals surface area (Å²) in [4.78, 5) is 41.8. The van der Waals surface area contributed by atoms with Crippen LogP contribution < -0.4 is 15.7 Å². The molecule has 39 heavy (non-hydrogen) atoms. The Labute approximate surface area is 224 Å². The van der Waals surface area contributed by atoms with E-state index in [0.29, 0.717) is 22.1 Å². The van der Waals surface area contributed by atoms with Crippen molar-refractivity contribution in [2.24, 2.45) is 0 Å². The van der Waals surface area contributed by atoms with Crippen LogP contribution in [0.5, 0.6) is 5.75 Å². The Morgan fingerprint density at radius 2 is 1.72 bits per heavy atom. The Hall–Kier alpha value is -4.85. The highest BCUT2D eigenvalue weighted by atomic mass is 16.6. The number of carbonyl (C=O) groups excluding carboxylic acids is 2. The fourth-order valence-electron chi connectivity index (χ4n) is 4.57. The van der Waals surface area contributed by atoms with E-state index in [1.165, 1.54) is 0 Å². The van der Waals surface area contributed by atoms with Gasteiger partial charge >= 0.3 is 17.7 Å². The molecule has 5 rings (SSSR count). The van der Waals surface area contributed by atoms with Gasteiger partial charge in [0, 0.05) is 29.1 Å². The predicted octanol–water partition coefficient (Wildman–Crippen LogP) is 5.64. The third-order valence-electron chi connectivity index (χ3n) is 6.76. The number of para-hydroxylation sites is 1. The van der Waals surface area contributed by atoms with Crippen LogP contribution >= 0.6 is 0 Å². The standard InChI is InChI=1S/C31H28N2O6/c1-18-13-26-28(19(2)20(3)29(34)38-26)27(14-18)39-30(35)25(15-22-16-32-24-12-8-7-11-23(22)24)33-31(36)37-17-21-9-5-4-6-10-21/h4-14,16,25,32H,15,17H2,1-3H3,(H,33,36). The minimum absolute atomic E-state index is 0.0571. The summed E-state index contributed by atoms with van der Waals surface area (Å²) in [5.74, 6) is -0.421. The van der Waals surface area contributed by atoms with Gasteiger partial charge in [-0.1, -0.05) is 48.5 Å². The van der Waals surface area contributed by atoms with E-state index in [2.05, 4.69) is 10.3 Å². The lowest BCUT2D eigenvalue weighted by molar-refractivity contribution is -0.136. The van der Waals surface area contributed by atoms with Crippen molar-refractivity contribution in [2.75, 3.05) is 0 Å². The second-order valence-corrected chi connectivity index (χ2v) is 9.52. The van der Waals surface area contributed by atoms with Gasteiger partial charge in [0.1, 0.15) is 24.0 Å². The monoisotopic (exact) mass is 524 g/mol. The van der Waals surface area contributed by atoms with Gasteiger partial charge in [-0.2, -0.15) is 0 Å². The Morgan fingerprint density at radius 1 is 0.974 bits per heavy atom. The molecule has 2 heterocycles. The van der Waals surface area contributed by atoms with Gasteiger partial charge in [0.05, 0.1) is 5.39 Å². The number of H-pyrrole nitrogens is 1. The highest BCUT2D eigenvalue weighted by Crippen LogP contribution is 2.31. The molecule has 0 aliphatic rings. The van der Waals surface area contributed by atoms with Crippen molar-refractivity contribution < 1.29 is 23.5 Å². The quantitative estimate of drug-likeness (QED) is 0.162. The van der Waals surface area contributed by atoms with Crippen molar-refractivity contribution >= 4 is 33.9 Å². The molecule has 0 spiro atoms. The molecule has 1 atom stereocenters. The van der Waals surface area contributed by atoms with Gasteiger partial charge in [-0.25, -0.2) is 14.4 Å². The second kappa shape index (κ2) is 10.9. The number of esters is 1. The first kappa shape index (κ1) is 25.8. The molecule has 8 nitrogen and oxygen atoms in total. The van der Waals surface area contributed by atoms with Crippen LogP contribution in [0, 0.1) is 20.8 Å². The summed E-state index contributed by atoms with van der Waals surface area (Å²) in [5, 5.41) is 4.15. The van der Waals surface area contributed by atoms with Crippen molar-refractivity contribution in [3.8, 4) is 5.75 Å². The normalized spacial score (nSPS) is 11.9. The molecule has 198 valence electrons. The van der Waals surface area contributed by atoms with Crippen molar-refractivity contribution in [3.05, 3.63) is 111 Å². The summed E-state index contributed by atoms with van der Waals surface area (Å²) >= 11 is 0. The summed E-state index contributed by atoms with van der Waals surface area (Å²) < 4.78 is 16.7. The molecule has 0 saturated heterocycles. The average Bonchev–Trinajstić information content (AvgIpc) is 3.33. The summed E-state index contributed by atoms with van der Waals surface area (Å²) in [6.07, 6.45) is 1.24. The van der Waals surface area contributed by atoms with E-state index in [1.54, 1.807) is 26.0 Å². The molecule has 0 aliphatic heterocycles. The van der Waals surface area contributed by atoms with Crippen molar-refractivity contribution in [1.29, 1.82) is 0 Å². The maximum Gasteiger partial charge on any atom is 0.408 e. The lowest BCUT2D eigenvalue weighted by Crippen LogP contribution is -2.44. The number of nitrogens with one attached hydrogen (secondary N) is 2. The number of alkyl carbamates (subject to hydrolysis) is 1. The second-order valence-electron chi connectivity index (χ2n) is 9.52. The molecule has 1 amide bonds. The Bertz CT molecular complexity index is 1740. The van der Waals surface area contributed by atoms with Crippen molar-refractivity contribution in [3.63, 3.8) is 0 Å². The number of fused-ring (bicyclic) bond motifs is 2. The SMILES string of the molecule is Cc1cc(OC(=O)C(Cc2c[nH]c3ccccc23)NC(=O)OCc2ccccc2)c2c(C)c(C)c(=O)oc2c1. The number of aryl methyl sites for hydroxylation is 2. The lowest BCUT2D eigenvalue weighted by Gasteiger charge is -2.19. The molecule has 2 N–H and O–H groups in total. The van der Waals surface area contributed by atoms with Gasteiger partial charge in [0.2, 0.25) is 0 Å². The van der Waals surface area contributed by atoms with Crippen LogP contribution in [-0.4, -0.2) is 23.1 Å². The topological polar surface area (TPSA) is 111 Å². The first-order valence-corrected chi connectivity index (χ1v) is 12.6. The number of benzene rings is 3. The molecule has 8 heteroatoms. The maximum atomic E-state index is 13.6. The van der Waals surface area contributed by atoms with Gasteiger partial charge in [0.25, 0.3) is 0 Å². The van der Waals surface area contributed by atoms with E-state index >= 15 is 0 Å². The van der Waals surface area contributed by atoms with E-state index < -0.39 is 23.7 Å². The largest absolute Gasteiger partial charge is 0.445 e. The third-order valence-corrected chi connectivity index (χ3v) is 6.76. The molecule has 0 bridgehead atoms. The number of hydrogen-bond donors (Lipinski definition) is 2. The molecule has 1 unspecified atom stereocenters. The zero-order valence-electron chi connectivity index (χ0n) is 21.9. The predicted molar refractivity (Wildman–Crippen MR) is 148 cm³/mol. The molecule has 2 aromatic heterocycles. The van der Waals surface area contributed by atoms with Crippen LogP contribution in [0.1, 0.15) is 27.8 Å². The average molecular weight is 525 g/mol. The van der Waals surface area contributed by atoms with E-state index in [4.69, 9.17) is 13.9 Å². The Balaban J connectivity index is 1.44. The number of amides is 1. The number of rotatable bonds is 7. The Kier molecular flexibility index (Phi) is 7.19. The number of aromatic amines is 1. The van der Waals surface area contributed by atoms with Crippen molar-refractivity contribution in [2.45, 2.75) is 39.8 Å². The molecule has 0 aliphatic carbocycles. The first-order chi connectivity index (χ1) is 18.8. The number of aromatic nitrogens is 1. The van der Waals surface area contributed by atoms with Crippen LogP contribution in [0.15, 0.2) is 82.1 Å². The fourth-order valence-corrected chi connectivity index (χ4v) is 4.57. The molecular formula is C31H28N2O6. The van der Waals surface area contributed by atoms with Crippen LogP contribution in [0.3, 0.4) is 0 Å². The molecule has 0 fully saturated rings. The molecule has 3 aromatic carbocycles.